The van der Waals surface area contributed by atoms with Crippen molar-refractivity contribution in [3.8, 4) is 5.75 Å². The third kappa shape index (κ3) is 3.24. The Morgan fingerprint density at radius 1 is 1.07 bits per heavy atom. The number of carbonyl (C=O) groups excluding carboxylic acids is 1. The molecule has 1 aliphatic rings. The molecule has 8 heteroatoms. The van der Waals surface area contributed by atoms with E-state index in [1.807, 2.05) is 0 Å². The van der Waals surface area contributed by atoms with Gasteiger partial charge in [-0.1, -0.05) is 12.1 Å². The summed E-state index contributed by atoms with van der Waals surface area (Å²) < 4.78 is 39.2. The highest BCUT2D eigenvalue weighted by Gasteiger charge is 2.35. The summed E-state index contributed by atoms with van der Waals surface area (Å²) in [7, 11) is 0. The van der Waals surface area contributed by atoms with Crippen LogP contribution in [-0.2, 0) is 12.7 Å². The number of aromatic hydroxyl groups is 1. The number of halogens is 3. The largest absolute Gasteiger partial charge is 0.508 e. The van der Waals surface area contributed by atoms with E-state index in [-0.39, 0.29) is 12.2 Å². The number of fused-ring (bicyclic) bond motifs is 1. The van der Waals surface area contributed by atoms with Crippen molar-refractivity contribution in [2.75, 3.05) is 10.2 Å². The van der Waals surface area contributed by atoms with E-state index < -0.39 is 23.4 Å². The normalized spacial score (nSPS) is 13.5. The van der Waals surface area contributed by atoms with Crippen LogP contribution in [0.3, 0.4) is 0 Å². The Balaban J connectivity index is 1.71. The van der Waals surface area contributed by atoms with Crippen LogP contribution in [0.2, 0.25) is 0 Å². The van der Waals surface area contributed by atoms with Gasteiger partial charge in [-0.3, -0.25) is 9.78 Å². The fourth-order valence-corrected chi connectivity index (χ4v) is 3.18. The van der Waals surface area contributed by atoms with Crippen LogP contribution in [0, 0.1) is 0 Å². The number of anilines is 3. The number of nitrogens with zero attached hydrogens (tertiary/aromatic N) is 2. The minimum absolute atomic E-state index is 0.0108. The van der Waals surface area contributed by atoms with Gasteiger partial charge in [-0.15, -0.1) is 0 Å². The number of rotatable bonds is 3. The fourth-order valence-electron chi connectivity index (χ4n) is 3.18. The van der Waals surface area contributed by atoms with Crippen LogP contribution >= 0.6 is 0 Å². The molecule has 1 aromatic heterocycles. The number of amides is 1. The summed E-state index contributed by atoms with van der Waals surface area (Å²) in [5.74, 6) is -0.991. The summed E-state index contributed by atoms with van der Waals surface area (Å²) in [5, 5.41) is 12.9. The first-order chi connectivity index (χ1) is 13.3. The van der Waals surface area contributed by atoms with E-state index in [0.717, 1.165) is 17.8 Å². The molecule has 28 heavy (non-hydrogen) atoms. The Labute approximate surface area is 158 Å². The maximum absolute atomic E-state index is 13.1. The highest BCUT2D eigenvalue weighted by atomic mass is 19.4. The first-order valence-corrected chi connectivity index (χ1v) is 8.35. The molecule has 2 heterocycles. The predicted octanol–water partition coefficient (Wildman–Crippen LogP) is 4.71. The Morgan fingerprint density at radius 2 is 1.82 bits per heavy atom. The Hall–Kier alpha value is -3.55. The summed E-state index contributed by atoms with van der Waals surface area (Å²) in [6.07, 6.45) is -1.42. The molecule has 0 saturated carbocycles. The topological polar surface area (TPSA) is 65.5 Å². The van der Waals surface area contributed by atoms with Crippen LogP contribution in [-0.4, -0.2) is 16.0 Å². The number of pyridine rings is 1. The summed E-state index contributed by atoms with van der Waals surface area (Å²) >= 11 is 0. The van der Waals surface area contributed by atoms with Gasteiger partial charge in [-0.2, -0.15) is 13.2 Å². The zero-order chi connectivity index (χ0) is 19.9. The SMILES string of the molecule is O=C1c2c(cccc2Nc2ccncc2)CN1c1cc(O)cc(C(F)(F)F)c1. The lowest BCUT2D eigenvalue weighted by Gasteiger charge is -2.18. The maximum Gasteiger partial charge on any atom is 0.416 e. The van der Waals surface area contributed by atoms with Gasteiger partial charge in [0.15, 0.2) is 0 Å². The minimum atomic E-state index is -4.63. The fraction of sp³-hybridized carbons (Fsp3) is 0.100. The van der Waals surface area contributed by atoms with Crippen molar-refractivity contribution in [1.29, 1.82) is 0 Å². The van der Waals surface area contributed by atoms with Crippen molar-refractivity contribution in [3.63, 3.8) is 0 Å². The lowest BCUT2D eigenvalue weighted by atomic mass is 10.1. The van der Waals surface area contributed by atoms with Gasteiger partial charge in [0.2, 0.25) is 0 Å². The van der Waals surface area contributed by atoms with Crippen molar-refractivity contribution in [1.82, 2.24) is 4.98 Å². The Morgan fingerprint density at radius 3 is 2.54 bits per heavy atom. The van der Waals surface area contributed by atoms with Crippen molar-refractivity contribution in [2.24, 2.45) is 0 Å². The van der Waals surface area contributed by atoms with Crippen LogP contribution < -0.4 is 10.2 Å². The molecule has 142 valence electrons. The molecule has 1 amide bonds. The van der Waals surface area contributed by atoms with Gasteiger partial charge in [0.25, 0.3) is 5.91 Å². The number of hydrogen-bond acceptors (Lipinski definition) is 4. The standard InChI is InChI=1S/C20H14F3N3O2/c21-20(22,23)13-8-15(10-16(27)9-13)26-11-12-2-1-3-17(18(12)19(26)28)25-14-4-6-24-7-5-14/h1-10,27H,11H2,(H,24,25). The average Bonchev–Trinajstić information content (AvgIpc) is 2.99. The number of aromatic nitrogens is 1. The minimum Gasteiger partial charge on any atom is -0.508 e. The van der Waals surface area contributed by atoms with Gasteiger partial charge >= 0.3 is 6.18 Å². The zero-order valence-corrected chi connectivity index (χ0v) is 14.4. The van der Waals surface area contributed by atoms with E-state index in [0.29, 0.717) is 22.9 Å². The van der Waals surface area contributed by atoms with E-state index in [9.17, 15) is 23.1 Å². The van der Waals surface area contributed by atoms with Gasteiger partial charge in [0, 0.05) is 29.8 Å². The van der Waals surface area contributed by atoms with Crippen LogP contribution in [0.15, 0.2) is 60.9 Å². The van der Waals surface area contributed by atoms with Crippen LogP contribution in [0.4, 0.5) is 30.2 Å². The van der Waals surface area contributed by atoms with Crippen molar-refractivity contribution >= 4 is 23.0 Å². The van der Waals surface area contributed by atoms with E-state index >= 15 is 0 Å². The maximum atomic E-state index is 13.1. The molecule has 5 nitrogen and oxygen atoms in total. The number of nitrogens with one attached hydrogen (secondary N) is 1. The zero-order valence-electron chi connectivity index (χ0n) is 14.4. The summed E-state index contributed by atoms with van der Waals surface area (Å²) in [6, 6.07) is 11.4. The lowest BCUT2D eigenvalue weighted by Crippen LogP contribution is -2.24. The summed E-state index contributed by atoms with van der Waals surface area (Å²) in [5.41, 5.74) is 1.32. The third-order valence-corrected chi connectivity index (χ3v) is 4.44. The predicted molar refractivity (Wildman–Crippen MR) is 97.6 cm³/mol. The van der Waals surface area contributed by atoms with E-state index in [4.69, 9.17) is 0 Å². The number of benzene rings is 2. The highest BCUT2D eigenvalue weighted by molar-refractivity contribution is 6.13. The molecule has 2 N–H and O–H groups in total. The van der Waals surface area contributed by atoms with Gasteiger partial charge in [-0.05, 0) is 35.9 Å². The molecule has 4 rings (SSSR count). The van der Waals surface area contributed by atoms with E-state index in [1.165, 1.54) is 4.90 Å². The first-order valence-electron chi connectivity index (χ1n) is 8.35. The second-order valence-corrected chi connectivity index (χ2v) is 6.33. The lowest BCUT2D eigenvalue weighted by molar-refractivity contribution is -0.137. The summed E-state index contributed by atoms with van der Waals surface area (Å²) in [4.78, 5) is 18.1. The summed E-state index contributed by atoms with van der Waals surface area (Å²) in [6.45, 7) is 0.112. The van der Waals surface area contributed by atoms with E-state index in [2.05, 4.69) is 10.3 Å². The molecule has 0 unspecified atom stereocenters. The molecule has 0 radical (unpaired) electrons. The Bertz CT molecular complexity index is 1050. The first kappa shape index (κ1) is 17.8. The molecule has 0 bridgehead atoms. The van der Waals surface area contributed by atoms with Gasteiger partial charge < -0.3 is 15.3 Å². The molecule has 0 aliphatic carbocycles. The van der Waals surface area contributed by atoms with Crippen molar-refractivity contribution in [2.45, 2.75) is 12.7 Å². The molecule has 1 aliphatic heterocycles. The molecule has 0 saturated heterocycles. The van der Waals surface area contributed by atoms with Crippen LogP contribution in [0.5, 0.6) is 5.75 Å². The molecule has 0 fully saturated rings. The molecule has 0 spiro atoms. The number of hydrogen-bond donors (Lipinski definition) is 2. The smallest absolute Gasteiger partial charge is 0.416 e. The van der Waals surface area contributed by atoms with Crippen LogP contribution in [0.1, 0.15) is 21.5 Å². The number of alkyl halides is 3. The molecule has 0 atom stereocenters. The quantitative estimate of drug-likeness (QED) is 0.685. The van der Waals surface area contributed by atoms with Gasteiger partial charge in [-0.25, -0.2) is 0 Å². The Kier molecular flexibility index (Phi) is 4.18. The second kappa shape index (κ2) is 6.56. The van der Waals surface area contributed by atoms with Gasteiger partial charge in [0.1, 0.15) is 5.75 Å². The average molecular weight is 385 g/mol. The third-order valence-electron chi connectivity index (χ3n) is 4.44. The van der Waals surface area contributed by atoms with E-state index in [1.54, 1.807) is 42.7 Å². The molecular formula is C20H14F3N3O2. The monoisotopic (exact) mass is 385 g/mol. The molecule has 2 aromatic carbocycles. The van der Waals surface area contributed by atoms with Crippen LogP contribution in [0.25, 0.3) is 0 Å². The highest BCUT2D eigenvalue weighted by Crippen LogP contribution is 2.39. The second-order valence-electron chi connectivity index (χ2n) is 6.33. The number of carbonyl (C=O) groups is 1. The number of phenolic OH excluding ortho intramolecular Hbond substituents is 1. The number of phenols is 1. The molecular weight excluding hydrogens is 371 g/mol. The van der Waals surface area contributed by atoms with Crippen molar-refractivity contribution in [3.05, 3.63) is 77.6 Å². The molecule has 3 aromatic rings. The van der Waals surface area contributed by atoms with Gasteiger partial charge in [0.05, 0.1) is 23.4 Å². The van der Waals surface area contributed by atoms with Crippen molar-refractivity contribution < 1.29 is 23.1 Å².